The first kappa shape index (κ1) is 11.5. The maximum atomic E-state index is 11.4. The van der Waals surface area contributed by atoms with E-state index >= 15 is 0 Å². The van der Waals surface area contributed by atoms with Crippen molar-refractivity contribution in [3.63, 3.8) is 0 Å². The Balaban J connectivity index is 3.08. The fraction of sp³-hybridized carbons (Fsp3) is 0.333. The van der Waals surface area contributed by atoms with Gasteiger partial charge in [0.25, 0.3) is 0 Å². The van der Waals surface area contributed by atoms with Crippen LogP contribution in [0.5, 0.6) is 0 Å². The third kappa shape index (κ3) is 2.72. The molecule has 0 aliphatic rings. The van der Waals surface area contributed by atoms with E-state index in [0.29, 0.717) is 12.2 Å². The van der Waals surface area contributed by atoms with Crippen molar-refractivity contribution >= 4 is 31.6 Å². The molecule has 0 aliphatic carbocycles. The van der Waals surface area contributed by atoms with Gasteiger partial charge in [-0.3, -0.25) is 4.31 Å². The quantitative estimate of drug-likeness (QED) is 0.850. The second-order valence-corrected chi connectivity index (χ2v) is 5.73. The minimum Gasteiger partial charge on any atom is -0.271 e. The van der Waals surface area contributed by atoms with Gasteiger partial charge in [-0.25, -0.2) is 8.42 Å². The van der Waals surface area contributed by atoms with Crippen molar-refractivity contribution < 1.29 is 8.42 Å². The van der Waals surface area contributed by atoms with E-state index in [0.717, 1.165) is 4.47 Å². The zero-order chi connectivity index (χ0) is 10.8. The van der Waals surface area contributed by atoms with Crippen molar-refractivity contribution in [3.8, 4) is 0 Å². The van der Waals surface area contributed by atoms with Crippen LogP contribution in [0, 0.1) is 0 Å². The van der Waals surface area contributed by atoms with Crippen LogP contribution in [0.2, 0.25) is 0 Å². The monoisotopic (exact) mass is 277 g/mol. The Hall–Kier alpha value is -0.550. The van der Waals surface area contributed by atoms with Gasteiger partial charge in [0.1, 0.15) is 0 Å². The molecule has 0 N–H and O–H groups in total. The van der Waals surface area contributed by atoms with Crippen LogP contribution in [0.15, 0.2) is 28.7 Å². The van der Waals surface area contributed by atoms with Crippen molar-refractivity contribution in [2.75, 3.05) is 17.1 Å². The van der Waals surface area contributed by atoms with Crippen LogP contribution in [-0.2, 0) is 10.0 Å². The summed E-state index contributed by atoms with van der Waals surface area (Å²) in [5, 5.41) is 0. The Morgan fingerprint density at radius 1 is 1.29 bits per heavy atom. The summed E-state index contributed by atoms with van der Waals surface area (Å²) in [6.45, 7) is 2.25. The van der Waals surface area contributed by atoms with Crippen LogP contribution in [0.3, 0.4) is 0 Å². The van der Waals surface area contributed by atoms with Crippen LogP contribution >= 0.6 is 15.9 Å². The number of hydrogen-bond donors (Lipinski definition) is 0. The minimum atomic E-state index is -3.16. The van der Waals surface area contributed by atoms with Gasteiger partial charge in [0.05, 0.1) is 11.9 Å². The van der Waals surface area contributed by atoms with E-state index in [4.69, 9.17) is 0 Å². The highest BCUT2D eigenvalue weighted by atomic mass is 79.9. The highest BCUT2D eigenvalue weighted by Gasteiger charge is 2.14. The van der Waals surface area contributed by atoms with Gasteiger partial charge in [-0.15, -0.1) is 0 Å². The number of hydrogen-bond acceptors (Lipinski definition) is 2. The molecule has 1 rings (SSSR count). The van der Waals surface area contributed by atoms with Gasteiger partial charge in [0.15, 0.2) is 0 Å². The summed E-state index contributed by atoms with van der Waals surface area (Å²) in [6, 6.07) is 7.19. The predicted molar refractivity (Wildman–Crippen MR) is 62.0 cm³/mol. The molecule has 5 heteroatoms. The van der Waals surface area contributed by atoms with Crippen molar-refractivity contribution in [3.05, 3.63) is 28.7 Å². The van der Waals surface area contributed by atoms with Crippen LogP contribution in [0.25, 0.3) is 0 Å². The van der Waals surface area contributed by atoms with Gasteiger partial charge >= 0.3 is 0 Å². The summed E-state index contributed by atoms with van der Waals surface area (Å²) in [4.78, 5) is 0. The molecule has 14 heavy (non-hydrogen) atoms. The molecule has 0 saturated heterocycles. The van der Waals surface area contributed by atoms with Gasteiger partial charge in [0, 0.05) is 11.0 Å². The zero-order valence-corrected chi connectivity index (χ0v) is 10.5. The van der Waals surface area contributed by atoms with Crippen molar-refractivity contribution in [1.29, 1.82) is 0 Å². The molecule has 0 radical (unpaired) electrons. The average molecular weight is 278 g/mol. The molecule has 0 heterocycles. The third-order valence-corrected chi connectivity index (χ3v) is 3.60. The van der Waals surface area contributed by atoms with Crippen molar-refractivity contribution in [1.82, 2.24) is 0 Å². The Bertz CT molecular complexity index is 399. The molecule has 0 saturated carbocycles. The summed E-state index contributed by atoms with van der Waals surface area (Å²) in [5.41, 5.74) is 0.693. The summed E-state index contributed by atoms with van der Waals surface area (Å²) < 4.78 is 25.0. The second-order valence-electron chi connectivity index (χ2n) is 2.90. The summed E-state index contributed by atoms with van der Waals surface area (Å²) in [7, 11) is -3.16. The molecule has 0 bridgehead atoms. The van der Waals surface area contributed by atoms with Gasteiger partial charge in [-0.2, -0.15) is 0 Å². The summed E-state index contributed by atoms with van der Waals surface area (Å²) in [5.74, 6) is 0. The Labute approximate surface area is 92.9 Å². The Morgan fingerprint density at radius 3 is 2.14 bits per heavy atom. The summed E-state index contributed by atoms with van der Waals surface area (Å²) >= 11 is 3.30. The zero-order valence-electron chi connectivity index (χ0n) is 8.07. The van der Waals surface area contributed by atoms with Crippen LogP contribution in [-0.4, -0.2) is 21.2 Å². The Kier molecular flexibility index (Phi) is 3.55. The molecule has 1 aromatic rings. The van der Waals surface area contributed by atoms with E-state index in [9.17, 15) is 8.42 Å². The highest BCUT2D eigenvalue weighted by Crippen LogP contribution is 2.20. The van der Waals surface area contributed by atoms with Gasteiger partial charge in [0.2, 0.25) is 10.0 Å². The molecule has 0 unspecified atom stereocenters. The average Bonchev–Trinajstić information content (AvgIpc) is 2.07. The van der Waals surface area contributed by atoms with Crippen LogP contribution < -0.4 is 4.31 Å². The smallest absolute Gasteiger partial charge is 0.232 e. The molecule has 1 aromatic carbocycles. The predicted octanol–water partition coefficient (Wildman–Crippen LogP) is 2.24. The largest absolute Gasteiger partial charge is 0.271 e. The van der Waals surface area contributed by atoms with E-state index in [-0.39, 0.29) is 0 Å². The van der Waals surface area contributed by atoms with E-state index < -0.39 is 10.0 Å². The molecular weight excluding hydrogens is 266 g/mol. The fourth-order valence-electron chi connectivity index (χ4n) is 1.22. The molecule has 78 valence electrons. The second kappa shape index (κ2) is 4.31. The van der Waals surface area contributed by atoms with E-state index in [1.54, 1.807) is 12.1 Å². The third-order valence-electron chi connectivity index (χ3n) is 1.80. The van der Waals surface area contributed by atoms with Crippen LogP contribution in [0.1, 0.15) is 6.92 Å². The molecular formula is C9H12BrNO2S. The van der Waals surface area contributed by atoms with Gasteiger partial charge in [-0.05, 0) is 31.2 Å². The number of halogens is 1. The van der Waals surface area contributed by atoms with Gasteiger partial charge in [-0.1, -0.05) is 15.9 Å². The van der Waals surface area contributed by atoms with E-state index in [2.05, 4.69) is 15.9 Å². The maximum Gasteiger partial charge on any atom is 0.232 e. The molecule has 0 fully saturated rings. The normalized spacial score (nSPS) is 11.4. The Morgan fingerprint density at radius 2 is 1.79 bits per heavy atom. The lowest BCUT2D eigenvalue weighted by molar-refractivity contribution is 0.598. The molecule has 0 aliphatic heterocycles. The fourth-order valence-corrected chi connectivity index (χ4v) is 2.45. The number of anilines is 1. The van der Waals surface area contributed by atoms with Crippen molar-refractivity contribution in [2.24, 2.45) is 0 Å². The van der Waals surface area contributed by atoms with Crippen LogP contribution in [0.4, 0.5) is 5.69 Å². The molecule has 0 atom stereocenters. The first-order valence-corrected chi connectivity index (χ1v) is 6.82. The first-order valence-electron chi connectivity index (χ1n) is 4.18. The lowest BCUT2D eigenvalue weighted by atomic mass is 10.3. The molecule has 0 amide bonds. The van der Waals surface area contributed by atoms with E-state index in [1.165, 1.54) is 10.6 Å². The first-order chi connectivity index (χ1) is 6.45. The standard InChI is InChI=1S/C9H12BrNO2S/c1-3-11(14(2,12)13)9-6-4-8(10)5-7-9/h4-7H,3H2,1-2H3. The van der Waals surface area contributed by atoms with E-state index in [1.807, 2.05) is 19.1 Å². The molecule has 0 spiro atoms. The topological polar surface area (TPSA) is 37.4 Å². The SMILES string of the molecule is CCN(c1ccc(Br)cc1)S(C)(=O)=O. The minimum absolute atomic E-state index is 0.445. The lowest BCUT2D eigenvalue weighted by Crippen LogP contribution is -2.29. The lowest BCUT2D eigenvalue weighted by Gasteiger charge is -2.20. The number of nitrogens with zero attached hydrogens (tertiary/aromatic N) is 1. The molecule has 0 aromatic heterocycles. The maximum absolute atomic E-state index is 11.4. The summed E-state index contributed by atoms with van der Waals surface area (Å²) in [6.07, 6.45) is 1.21. The van der Waals surface area contributed by atoms with Gasteiger partial charge < -0.3 is 0 Å². The number of sulfonamides is 1. The number of benzene rings is 1. The number of rotatable bonds is 3. The molecule has 3 nitrogen and oxygen atoms in total. The highest BCUT2D eigenvalue weighted by molar-refractivity contribution is 9.10. The van der Waals surface area contributed by atoms with Crippen molar-refractivity contribution in [2.45, 2.75) is 6.92 Å².